The van der Waals surface area contributed by atoms with E-state index < -0.39 is 15.9 Å². The van der Waals surface area contributed by atoms with Crippen LogP contribution in [0.2, 0.25) is 5.02 Å². The van der Waals surface area contributed by atoms with Gasteiger partial charge in [-0.3, -0.25) is 13.9 Å². The Kier molecular flexibility index (Phi) is 5.90. The molecule has 32 heavy (non-hydrogen) atoms. The molecule has 1 aliphatic heterocycles. The first-order valence-corrected chi connectivity index (χ1v) is 11.7. The Hall–Kier alpha value is -3.36. The molecule has 0 aliphatic carbocycles. The van der Waals surface area contributed by atoms with Crippen LogP contribution in [0.4, 0.5) is 11.4 Å². The van der Waals surface area contributed by atoms with E-state index >= 15 is 0 Å². The summed E-state index contributed by atoms with van der Waals surface area (Å²) in [5.41, 5.74) is 2.38. The van der Waals surface area contributed by atoms with Crippen molar-refractivity contribution in [2.75, 3.05) is 23.2 Å². The third-order valence-electron chi connectivity index (χ3n) is 5.22. The van der Waals surface area contributed by atoms with Crippen molar-refractivity contribution in [1.82, 2.24) is 5.32 Å². The molecule has 0 saturated carbocycles. The molecule has 3 aromatic rings. The van der Waals surface area contributed by atoms with Gasteiger partial charge in [-0.15, -0.1) is 0 Å². The maximum atomic E-state index is 13.3. The number of para-hydroxylation sites is 1. The Morgan fingerprint density at radius 1 is 0.969 bits per heavy atom. The molecule has 2 N–H and O–H groups in total. The molecule has 0 radical (unpaired) electrons. The van der Waals surface area contributed by atoms with E-state index in [0.717, 1.165) is 5.56 Å². The molecule has 164 valence electrons. The van der Waals surface area contributed by atoms with Gasteiger partial charge in [0.25, 0.3) is 21.8 Å². The van der Waals surface area contributed by atoms with Gasteiger partial charge in [0.2, 0.25) is 0 Å². The van der Waals surface area contributed by atoms with Gasteiger partial charge in [-0.1, -0.05) is 35.9 Å². The molecule has 1 aliphatic rings. The number of nitrogens with one attached hydrogen (secondary N) is 2. The van der Waals surface area contributed by atoms with Gasteiger partial charge in [-0.2, -0.15) is 0 Å². The van der Waals surface area contributed by atoms with Gasteiger partial charge >= 0.3 is 0 Å². The molecule has 0 atom stereocenters. The van der Waals surface area contributed by atoms with E-state index in [1.165, 1.54) is 47.8 Å². The first kappa shape index (κ1) is 21.9. The quantitative estimate of drug-likeness (QED) is 0.595. The van der Waals surface area contributed by atoms with Crippen LogP contribution < -0.4 is 14.9 Å². The van der Waals surface area contributed by atoms with E-state index in [2.05, 4.69) is 10.6 Å². The van der Waals surface area contributed by atoms with Crippen molar-refractivity contribution < 1.29 is 18.0 Å². The zero-order valence-electron chi connectivity index (χ0n) is 17.1. The monoisotopic (exact) mass is 469 g/mol. The zero-order valence-corrected chi connectivity index (χ0v) is 18.7. The molecule has 7 nitrogen and oxygen atoms in total. The molecule has 0 unspecified atom stereocenters. The number of carbonyl (C=O) groups excluding carboxylic acids is 2. The van der Waals surface area contributed by atoms with Crippen molar-refractivity contribution in [3.05, 3.63) is 88.4 Å². The lowest BCUT2D eigenvalue weighted by molar-refractivity contribution is 0.0961. The summed E-state index contributed by atoms with van der Waals surface area (Å²) in [5.74, 6) is -0.890. The molecule has 3 aromatic carbocycles. The number of nitrogens with zero attached hydrogens (tertiary/aromatic N) is 1. The van der Waals surface area contributed by atoms with Gasteiger partial charge in [0.05, 0.1) is 21.2 Å². The zero-order chi connectivity index (χ0) is 22.9. The third kappa shape index (κ3) is 4.06. The van der Waals surface area contributed by atoms with Crippen LogP contribution in [0.25, 0.3) is 0 Å². The maximum absolute atomic E-state index is 13.3. The van der Waals surface area contributed by atoms with Crippen molar-refractivity contribution in [2.24, 2.45) is 0 Å². The summed E-state index contributed by atoms with van der Waals surface area (Å²) in [6, 6.07) is 17.8. The number of sulfonamides is 1. The maximum Gasteiger partial charge on any atom is 0.264 e. The first-order chi connectivity index (χ1) is 15.3. The minimum atomic E-state index is -3.82. The number of benzene rings is 3. The van der Waals surface area contributed by atoms with E-state index in [1.54, 1.807) is 18.2 Å². The lowest BCUT2D eigenvalue weighted by Crippen LogP contribution is -2.29. The SMILES string of the molecule is CNC(=O)c1cc(NC(=O)c2cccc(S(=O)(=O)N3CCc4ccccc43)c2)ccc1Cl. The molecular formula is C23H20ClN3O4S. The second-order valence-corrected chi connectivity index (χ2v) is 9.48. The molecule has 4 rings (SSSR count). The highest BCUT2D eigenvalue weighted by Crippen LogP contribution is 2.33. The summed E-state index contributed by atoms with van der Waals surface area (Å²) in [7, 11) is -2.34. The molecule has 1 heterocycles. The first-order valence-electron chi connectivity index (χ1n) is 9.85. The third-order valence-corrected chi connectivity index (χ3v) is 7.36. The van der Waals surface area contributed by atoms with Gasteiger partial charge < -0.3 is 10.6 Å². The number of anilines is 2. The highest BCUT2D eigenvalue weighted by atomic mass is 35.5. The average Bonchev–Trinajstić information content (AvgIpc) is 3.25. The van der Waals surface area contributed by atoms with Crippen LogP contribution in [0.15, 0.2) is 71.6 Å². The van der Waals surface area contributed by atoms with Crippen molar-refractivity contribution in [1.29, 1.82) is 0 Å². The Morgan fingerprint density at radius 3 is 2.53 bits per heavy atom. The van der Waals surface area contributed by atoms with Gasteiger partial charge in [0, 0.05) is 24.8 Å². The molecule has 0 fully saturated rings. The number of hydrogen-bond donors (Lipinski definition) is 2. The van der Waals surface area contributed by atoms with Crippen LogP contribution in [0.1, 0.15) is 26.3 Å². The molecule has 0 aromatic heterocycles. The van der Waals surface area contributed by atoms with E-state index in [0.29, 0.717) is 24.3 Å². The van der Waals surface area contributed by atoms with Crippen molar-refractivity contribution in [3.63, 3.8) is 0 Å². The summed E-state index contributed by atoms with van der Waals surface area (Å²) in [6.45, 7) is 0.352. The van der Waals surface area contributed by atoms with Gasteiger partial charge in [-0.25, -0.2) is 8.42 Å². The number of fused-ring (bicyclic) bond motifs is 1. The molecule has 0 saturated heterocycles. The standard InChI is InChI=1S/C23H20ClN3O4S/c1-25-23(29)19-14-17(9-10-20(19)24)26-22(28)16-6-4-7-18(13-16)32(30,31)27-12-11-15-5-2-3-8-21(15)27/h2-10,13-14H,11-12H2,1H3,(H,25,29)(H,26,28). The molecule has 0 bridgehead atoms. The smallest absolute Gasteiger partial charge is 0.264 e. The fourth-order valence-electron chi connectivity index (χ4n) is 3.60. The predicted molar refractivity (Wildman–Crippen MR) is 124 cm³/mol. The molecular weight excluding hydrogens is 450 g/mol. The van der Waals surface area contributed by atoms with Crippen molar-refractivity contribution in [3.8, 4) is 0 Å². The van der Waals surface area contributed by atoms with Crippen molar-refractivity contribution in [2.45, 2.75) is 11.3 Å². The van der Waals surface area contributed by atoms with E-state index in [-0.39, 0.29) is 27.0 Å². The topological polar surface area (TPSA) is 95.6 Å². The normalized spacial score (nSPS) is 12.9. The summed E-state index contributed by atoms with van der Waals surface area (Å²) in [5, 5.41) is 5.42. The molecule has 2 amide bonds. The Balaban J connectivity index is 1.60. The van der Waals surface area contributed by atoms with Crippen LogP contribution >= 0.6 is 11.6 Å². The van der Waals surface area contributed by atoms with Crippen LogP contribution in [0.5, 0.6) is 0 Å². The average molecular weight is 470 g/mol. The minimum absolute atomic E-state index is 0.0315. The Labute approximate surface area is 191 Å². The van der Waals surface area contributed by atoms with Crippen LogP contribution in [0.3, 0.4) is 0 Å². The second kappa shape index (κ2) is 8.64. The number of rotatable bonds is 5. The van der Waals surface area contributed by atoms with E-state index in [9.17, 15) is 18.0 Å². The molecule has 9 heteroatoms. The molecule has 0 spiro atoms. The second-order valence-electron chi connectivity index (χ2n) is 7.21. The van der Waals surface area contributed by atoms with Crippen molar-refractivity contribution >= 4 is 44.8 Å². The number of hydrogen-bond acceptors (Lipinski definition) is 4. The highest BCUT2D eigenvalue weighted by Gasteiger charge is 2.31. The lowest BCUT2D eigenvalue weighted by atomic mass is 10.1. The van der Waals surface area contributed by atoms with Gasteiger partial charge in [0.1, 0.15) is 0 Å². The van der Waals surface area contributed by atoms with Crippen LogP contribution in [-0.2, 0) is 16.4 Å². The number of amides is 2. The Morgan fingerprint density at radius 2 is 1.75 bits per heavy atom. The van der Waals surface area contributed by atoms with Crippen LogP contribution in [0, 0.1) is 0 Å². The summed E-state index contributed by atoms with van der Waals surface area (Å²) < 4.78 is 27.9. The number of halogens is 1. The summed E-state index contributed by atoms with van der Waals surface area (Å²) in [6.07, 6.45) is 0.639. The number of carbonyl (C=O) groups is 2. The highest BCUT2D eigenvalue weighted by molar-refractivity contribution is 7.92. The lowest BCUT2D eigenvalue weighted by Gasteiger charge is -2.20. The fourth-order valence-corrected chi connectivity index (χ4v) is 5.35. The van der Waals surface area contributed by atoms with Crippen LogP contribution in [-0.4, -0.2) is 33.8 Å². The minimum Gasteiger partial charge on any atom is -0.355 e. The summed E-state index contributed by atoms with van der Waals surface area (Å²) in [4.78, 5) is 24.8. The largest absolute Gasteiger partial charge is 0.355 e. The van der Waals surface area contributed by atoms with Gasteiger partial charge in [-0.05, 0) is 54.4 Å². The Bertz CT molecular complexity index is 1320. The van der Waals surface area contributed by atoms with Gasteiger partial charge in [0.15, 0.2) is 0 Å². The fraction of sp³-hybridized carbons (Fsp3) is 0.130. The summed E-state index contributed by atoms with van der Waals surface area (Å²) >= 11 is 6.05. The predicted octanol–water partition coefficient (Wildman–Crippen LogP) is 3.70. The van der Waals surface area contributed by atoms with E-state index in [1.807, 2.05) is 12.1 Å². The van der Waals surface area contributed by atoms with E-state index in [4.69, 9.17) is 11.6 Å².